The molecule has 0 aromatic carbocycles. The predicted molar refractivity (Wildman–Crippen MR) is 82.4 cm³/mol. The van der Waals surface area contributed by atoms with Gasteiger partial charge in [-0.2, -0.15) is 0 Å². The topological polar surface area (TPSA) is 87.7 Å². The van der Waals surface area contributed by atoms with Gasteiger partial charge in [-0.05, 0) is 18.3 Å². The highest BCUT2D eigenvalue weighted by Crippen LogP contribution is 2.22. The zero-order valence-corrected chi connectivity index (χ0v) is 13.7. The fourth-order valence-corrected chi connectivity index (χ4v) is 1.95. The van der Waals surface area contributed by atoms with E-state index in [9.17, 15) is 9.59 Å². The van der Waals surface area contributed by atoms with Gasteiger partial charge in [-0.3, -0.25) is 4.79 Å². The standard InChI is InChI=1S/C15H30N2O4/c1-5-6-8-21-9-7-16-14(20)17-12(10-13(18)19)11-15(2,3)4/h12H,5-11H2,1-4H3,(H,18,19)(H2,16,17,20). The monoisotopic (exact) mass is 302 g/mol. The maximum absolute atomic E-state index is 11.7. The molecule has 0 aromatic rings. The fraction of sp³-hybridized carbons (Fsp3) is 0.867. The van der Waals surface area contributed by atoms with Crippen LogP contribution in [0.3, 0.4) is 0 Å². The Bertz CT molecular complexity index is 313. The molecule has 1 unspecified atom stereocenters. The van der Waals surface area contributed by atoms with Crippen molar-refractivity contribution in [3.8, 4) is 0 Å². The maximum atomic E-state index is 11.7. The minimum absolute atomic E-state index is 0.0450. The third-order valence-corrected chi connectivity index (χ3v) is 2.79. The number of aliphatic carboxylic acids is 1. The lowest BCUT2D eigenvalue weighted by Gasteiger charge is -2.25. The summed E-state index contributed by atoms with van der Waals surface area (Å²) < 4.78 is 5.34. The van der Waals surface area contributed by atoms with Crippen molar-refractivity contribution in [1.82, 2.24) is 10.6 Å². The third kappa shape index (κ3) is 13.4. The number of carbonyl (C=O) groups excluding carboxylic acids is 1. The largest absolute Gasteiger partial charge is 0.481 e. The van der Waals surface area contributed by atoms with E-state index in [0.717, 1.165) is 12.8 Å². The normalized spacial score (nSPS) is 12.8. The lowest BCUT2D eigenvalue weighted by atomic mass is 9.87. The van der Waals surface area contributed by atoms with Crippen LogP contribution in [0, 0.1) is 5.41 Å². The number of carboxylic acids is 1. The molecule has 0 saturated heterocycles. The highest BCUT2D eigenvalue weighted by atomic mass is 16.5. The van der Waals surface area contributed by atoms with Crippen molar-refractivity contribution >= 4 is 12.0 Å². The number of ether oxygens (including phenoxy) is 1. The molecule has 6 heteroatoms. The second kappa shape index (κ2) is 10.4. The Morgan fingerprint density at radius 3 is 2.43 bits per heavy atom. The number of hydrogen-bond acceptors (Lipinski definition) is 3. The minimum Gasteiger partial charge on any atom is -0.481 e. The Kier molecular flexibility index (Phi) is 9.78. The SMILES string of the molecule is CCCCOCCNC(=O)NC(CC(=O)O)CC(C)(C)C. The quantitative estimate of drug-likeness (QED) is 0.541. The van der Waals surface area contributed by atoms with Crippen molar-refractivity contribution in [1.29, 1.82) is 0 Å². The molecule has 0 spiro atoms. The van der Waals surface area contributed by atoms with Crippen molar-refractivity contribution in [3.05, 3.63) is 0 Å². The molecule has 2 amide bonds. The van der Waals surface area contributed by atoms with Crippen LogP contribution in [-0.4, -0.2) is 42.9 Å². The van der Waals surface area contributed by atoms with Crippen molar-refractivity contribution < 1.29 is 19.4 Å². The van der Waals surface area contributed by atoms with Gasteiger partial charge in [-0.1, -0.05) is 34.1 Å². The van der Waals surface area contributed by atoms with Crippen LogP contribution in [0.4, 0.5) is 4.79 Å². The highest BCUT2D eigenvalue weighted by molar-refractivity contribution is 5.75. The number of unbranched alkanes of at least 4 members (excludes halogenated alkanes) is 1. The van der Waals surface area contributed by atoms with E-state index in [1.54, 1.807) is 0 Å². The average molecular weight is 302 g/mol. The Balaban J connectivity index is 4.01. The van der Waals surface area contributed by atoms with Gasteiger partial charge in [0.25, 0.3) is 0 Å². The summed E-state index contributed by atoms with van der Waals surface area (Å²) in [7, 11) is 0. The van der Waals surface area contributed by atoms with Crippen LogP contribution in [0.5, 0.6) is 0 Å². The zero-order valence-electron chi connectivity index (χ0n) is 13.7. The van der Waals surface area contributed by atoms with E-state index in [4.69, 9.17) is 9.84 Å². The van der Waals surface area contributed by atoms with Crippen LogP contribution < -0.4 is 10.6 Å². The zero-order chi connectivity index (χ0) is 16.3. The summed E-state index contributed by atoms with van der Waals surface area (Å²) in [6.07, 6.45) is 2.63. The van der Waals surface area contributed by atoms with Crippen LogP contribution in [-0.2, 0) is 9.53 Å². The van der Waals surface area contributed by atoms with Crippen molar-refractivity contribution in [3.63, 3.8) is 0 Å². The number of nitrogens with one attached hydrogen (secondary N) is 2. The fourth-order valence-electron chi connectivity index (χ4n) is 1.95. The molecule has 0 aliphatic rings. The molecule has 3 N–H and O–H groups in total. The van der Waals surface area contributed by atoms with Gasteiger partial charge in [0.1, 0.15) is 0 Å². The second-order valence-corrected chi connectivity index (χ2v) is 6.43. The molecule has 0 radical (unpaired) electrons. The first-order chi connectivity index (χ1) is 9.74. The molecule has 0 bridgehead atoms. The average Bonchev–Trinajstić information content (AvgIpc) is 2.30. The maximum Gasteiger partial charge on any atom is 0.315 e. The Morgan fingerprint density at radius 2 is 1.90 bits per heavy atom. The lowest BCUT2D eigenvalue weighted by molar-refractivity contribution is -0.137. The molecule has 0 aliphatic heterocycles. The van der Waals surface area contributed by atoms with Gasteiger partial charge < -0.3 is 20.5 Å². The number of hydrogen-bond donors (Lipinski definition) is 3. The summed E-state index contributed by atoms with van der Waals surface area (Å²) in [4.78, 5) is 22.6. The number of carboxylic acid groups (broad SMARTS) is 1. The molecular formula is C15H30N2O4. The first kappa shape index (κ1) is 19.7. The van der Waals surface area contributed by atoms with E-state index in [2.05, 4.69) is 17.6 Å². The van der Waals surface area contributed by atoms with Gasteiger partial charge in [-0.15, -0.1) is 0 Å². The van der Waals surface area contributed by atoms with Crippen LogP contribution in [0.15, 0.2) is 0 Å². The summed E-state index contributed by atoms with van der Waals surface area (Å²) in [6.45, 7) is 9.73. The van der Waals surface area contributed by atoms with Gasteiger partial charge >= 0.3 is 12.0 Å². The van der Waals surface area contributed by atoms with Gasteiger partial charge in [0, 0.05) is 19.2 Å². The van der Waals surface area contributed by atoms with E-state index >= 15 is 0 Å². The van der Waals surface area contributed by atoms with E-state index in [0.29, 0.717) is 26.2 Å². The summed E-state index contributed by atoms with van der Waals surface area (Å²) >= 11 is 0. The van der Waals surface area contributed by atoms with Gasteiger partial charge in [0.15, 0.2) is 0 Å². The predicted octanol–water partition coefficient (Wildman–Crippen LogP) is 2.38. The molecule has 0 heterocycles. The molecule has 0 fully saturated rings. The van der Waals surface area contributed by atoms with E-state index in [1.165, 1.54) is 0 Å². The molecular weight excluding hydrogens is 272 g/mol. The Hall–Kier alpha value is -1.30. The van der Waals surface area contributed by atoms with E-state index in [-0.39, 0.29) is 23.9 Å². The van der Waals surface area contributed by atoms with Crippen molar-refractivity contribution in [2.24, 2.45) is 5.41 Å². The third-order valence-electron chi connectivity index (χ3n) is 2.79. The minimum atomic E-state index is -0.910. The first-order valence-electron chi connectivity index (χ1n) is 7.58. The van der Waals surface area contributed by atoms with Crippen LogP contribution in [0.2, 0.25) is 0 Å². The van der Waals surface area contributed by atoms with Crippen molar-refractivity contribution in [2.45, 2.75) is 59.4 Å². The number of rotatable bonds is 10. The molecule has 1 atom stereocenters. The Morgan fingerprint density at radius 1 is 1.24 bits per heavy atom. The molecule has 21 heavy (non-hydrogen) atoms. The molecule has 0 aliphatic carbocycles. The summed E-state index contributed by atoms with van der Waals surface area (Å²) in [6, 6.07) is -0.715. The van der Waals surface area contributed by atoms with E-state index in [1.807, 2.05) is 20.8 Å². The smallest absolute Gasteiger partial charge is 0.315 e. The first-order valence-corrected chi connectivity index (χ1v) is 7.58. The lowest BCUT2D eigenvalue weighted by Crippen LogP contribution is -2.45. The molecule has 0 rings (SSSR count). The van der Waals surface area contributed by atoms with Crippen LogP contribution in [0.1, 0.15) is 53.4 Å². The second-order valence-electron chi connectivity index (χ2n) is 6.43. The number of urea groups is 1. The molecule has 124 valence electrons. The summed E-state index contributed by atoms with van der Waals surface area (Å²) in [5.41, 5.74) is -0.0450. The highest BCUT2D eigenvalue weighted by Gasteiger charge is 2.22. The van der Waals surface area contributed by atoms with E-state index < -0.39 is 5.97 Å². The summed E-state index contributed by atoms with van der Waals surface area (Å²) in [5, 5.41) is 14.3. The summed E-state index contributed by atoms with van der Waals surface area (Å²) in [5.74, 6) is -0.910. The number of carbonyl (C=O) groups is 2. The number of amides is 2. The van der Waals surface area contributed by atoms with Gasteiger partial charge in [0.05, 0.1) is 13.0 Å². The van der Waals surface area contributed by atoms with Gasteiger partial charge in [-0.25, -0.2) is 4.79 Å². The van der Waals surface area contributed by atoms with Crippen molar-refractivity contribution in [2.75, 3.05) is 19.8 Å². The van der Waals surface area contributed by atoms with Gasteiger partial charge in [0.2, 0.25) is 0 Å². The Labute approximate surface area is 127 Å². The van der Waals surface area contributed by atoms with Crippen LogP contribution >= 0.6 is 0 Å². The molecule has 0 aromatic heterocycles. The molecule has 0 saturated carbocycles. The van der Waals surface area contributed by atoms with Crippen LogP contribution in [0.25, 0.3) is 0 Å². The molecule has 6 nitrogen and oxygen atoms in total.